The van der Waals surface area contributed by atoms with E-state index in [0.717, 1.165) is 35.9 Å². The van der Waals surface area contributed by atoms with Gasteiger partial charge in [0.25, 0.3) is 0 Å². The van der Waals surface area contributed by atoms with Gasteiger partial charge in [-0.1, -0.05) is 55.0 Å². The van der Waals surface area contributed by atoms with Crippen LogP contribution in [0, 0.1) is 5.92 Å². The molecule has 2 heterocycles. The largest absolute Gasteiger partial charge is 0.342 e. The Kier molecular flexibility index (Phi) is 7.23. The van der Waals surface area contributed by atoms with Crippen LogP contribution in [0.2, 0.25) is 0 Å². The molecule has 1 aromatic carbocycles. The van der Waals surface area contributed by atoms with Crippen molar-refractivity contribution in [1.82, 2.24) is 15.1 Å². The fourth-order valence-corrected chi connectivity index (χ4v) is 4.70. The monoisotopic (exact) mass is 404 g/mol. The number of anilines is 1. The molecule has 0 unspecified atom stereocenters. The molecule has 1 aliphatic rings. The molecule has 1 aliphatic heterocycles. The maximum atomic E-state index is 12.4. The van der Waals surface area contributed by atoms with Crippen LogP contribution in [-0.2, 0) is 21.1 Å². The van der Waals surface area contributed by atoms with Crippen LogP contribution >= 0.6 is 23.1 Å². The molecule has 0 radical (unpaired) electrons. The number of amides is 2. The smallest absolute Gasteiger partial charge is 0.231 e. The SMILES string of the molecule is CCCCN1C[C@@H](C(=O)Nc2nnc(CSCc3ccccc3)s2)CC1=O. The second kappa shape index (κ2) is 9.85. The van der Waals surface area contributed by atoms with Crippen LogP contribution in [0.1, 0.15) is 36.8 Å². The summed E-state index contributed by atoms with van der Waals surface area (Å²) >= 11 is 3.17. The van der Waals surface area contributed by atoms with Crippen LogP contribution < -0.4 is 5.32 Å². The number of rotatable bonds is 9. The highest BCUT2D eigenvalue weighted by atomic mass is 32.2. The molecule has 1 aromatic heterocycles. The van der Waals surface area contributed by atoms with Crippen LogP contribution in [0.5, 0.6) is 0 Å². The number of carbonyl (C=O) groups is 2. The standard InChI is InChI=1S/C19H24N4O2S2/c1-2-3-9-23-11-15(10-17(23)24)18(25)20-19-22-21-16(27-19)13-26-12-14-7-5-4-6-8-14/h4-8,15H,2-3,9-13H2,1H3,(H,20,22,25)/t15-/m0/s1. The van der Waals surface area contributed by atoms with Crippen LogP contribution in [0.4, 0.5) is 5.13 Å². The predicted molar refractivity (Wildman–Crippen MR) is 110 cm³/mol. The zero-order valence-corrected chi connectivity index (χ0v) is 17.0. The molecule has 2 amide bonds. The average molecular weight is 405 g/mol. The zero-order chi connectivity index (χ0) is 19.1. The van der Waals surface area contributed by atoms with E-state index < -0.39 is 0 Å². The van der Waals surface area contributed by atoms with Gasteiger partial charge in [-0.15, -0.1) is 22.0 Å². The molecule has 3 rings (SSSR count). The minimum atomic E-state index is -0.297. The summed E-state index contributed by atoms with van der Waals surface area (Å²) < 4.78 is 0. The van der Waals surface area contributed by atoms with E-state index in [1.54, 1.807) is 16.7 Å². The quantitative estimate of drug-likeness (QED) is 0.692. The fraction of sp³-hybridized carbons (Fsp3) is 0.474. The van der Waals surface area contributed by atoms with Gasteiger partial charge in [-0.2, -0.15) is 0 Å². The Bertz CT molecular complexity index is 766. The van der Waals surface area contributed by atoms with E-state index in [1.165, 1.54) is 16.9 Å². The molecular formula is C19H24N4O2S2. The molecule has 0 aliphatic carbocycles. The van der Waals surface area contributed by atoms with Crippen LogP contribution in [0.3, 0.4) is 0 Å². The first-order valence-corrected chi connectivity index (χ1v) is 11.2. The summed E-state index contributed by atoms with van der Waals surface area (Å²) in [4.78, 5) is 26.2. The van der Waals surface area contributed by atoms with E-state index >= 15 is 0 Å². The number of hydrogen-bond donors (Lipinski definition) is 1. The summed E-state index contributed by atoms with van der Waals surface area (Å²) in [6.07, 6.45) is 2.30. The summed E-state index contributed by atoms with van der Waals surface area (Å²) in [5.74, 6) is 1.31. The second-order valence-corrected chi connectivity index (χ2v) is 8.61. The van der Waals surface area contributed by atoms with Crippen molar-refractivity contribution in [2.24, 2.45) is 5.92 Å². The van der Waals surface area contributed by atoms with Crippen LogP contribution in [0.15, 0.2) is 30.3 Å². The average Bonchev–Trinajstić information content (AvgIpc) is 3.27. The number of thioether (sulfide) groups is 1. The number of nitrogens with zero attached hydrogens (tertiary/aromatic N) is 3. The van der Waals surface area contributed by atoms with Crippen molar-refractivity contribution in [3.63, 3.8) is 0 Å². The van der Waals surface area contributed by atoms with Gasteiger partial charge in [0.15, 0.2) is 0 Å². The Morgan fingerprint density at radius 3 is 2.89 bits per heavy atom. The van der Waals surface area contributed by atoms with E-state index in [-0.39, 0.29) is 24.2 Å². The second-order valence-electron chi connectivity index (χ2n) is 6.56. The summed E-state index contributed by atoms with van der Waals surface area (Å²) in [7, 11) is 0. The van der Waals surface area contributed by atoms with Crippen molar-refractivity contribution in [2.75, 3.05) is 18.4 Å². The molecule has 1 fully saturated rings. The molecule has 8 heteroatoms. The summed E-state index contributed by atoms with van der Waals surface area (Å²) in [5.41, 5.74) is 1.28. The van der Waals surface area contributed by atoms with Gasteiger partial charge in [-0.3, -0.25) is 9.59 Å². The Hall–Kier alpha value is -1.93. The Morgan fingerprint density at radius 1 is 1.30 bits per heavy atom. The van der Waals surface area contributed by atoms with E-state index in [1.807, 2.05) is 18.2 Å². The van der Waals surface area contributed by atoms with E-state index in [2.05, 4.69) is 34.6 Å². The zero-order valence-electron chi connectivity index (χ0n) is 15.4. The maximum Gasteiger partial charge on any atom is 0.231 e. The minimum absolute atomic E-state index is 0.0684. The molecule has 1 saturated heterocycles. The van der Waals surface area contributed by atoms with Crippen molar-refractivity contribution in [1.29, 1.82) is 0 Å². The van der Waals surface area contributed by atoms with E-state index in [0.29, 0.717) is 11.7 Å². The Balaban J connectivity index is 1.44. The molecule has 1 atom stereocenters. The third-order valence-electron chi connectivity index (χ3n) is 4.40. The lowest BCUT2D eigenvalue weighted by Crippen LogP contribution is -2.29. The first kappa shape index (κ1) is 19.8. The van der Waals surface area contributed by atoms with Crippen molar-refractivity contribution in [3.8, 4) is 0 Å². The highest BCUT2D eigenvalue weighted by Crippen LogP contribution is 2.24. The van der Waals surface area contributed by atoms with Gasteiger partial charge in [-0.25, -0.2) is 0 Å². The van der Waals surface area contributed by atoms with Crippen molar-refractivity contribution in [3.05, 3.63) is 40.9 Å². The molecule has 27 heavy (non-hydrogen) atoms. The molecule has 1 N–H and O–H groups in total. The fourth-order valence-electron chi connectivity index (χ4n) is 2.91. The number of likely N-dealkylation sites (tertiary alicyclic amines) is 1. The number of aromatic nitrogens is 2. The van der Waals surface area contributed by atoms with Gasteiger partial charge in [0.1, 0.15) is 5.01 Å². The van der Waals surface area contributed by atoms with Crippen molar-refractivity contribution < 1.29 is 9.59 Å². The summed E-state index contributed by atoms with van der Waals surface area (Å²) in [6, 6.07) is 10.3. The summed E-state index contributed by atoms with van der Waals surface area (Å²) in [5, 5.41) is 12.4. The molecule has 0 spiro atoms. The number of nitrogens with one attached hydrogen (secondary N) is 1. The molecule has 144 valence electrons. The minimum Gasteiger partial charge on any atom is -0.342 e. The van der Waals surface area contributed by atoms with Gasteiger partial charge in [0.2, 0.25) is 16.9 Å². The first-order valence-electron chi connectivity index (χ1n) is 9.18. The highest BCUT2D eigenvalue weighted by Gasteiger charge is 2.34. The maximum absolute atomic E-state index is 12.4. The van der Waals surface area contributed by atoms with E-state index in [4.69, 9.17) is 0 Å². The van der Waals surface area contributed by atoms with Crippen molar-refractivity contribution >= 4 is 40.0 Å². The van der Waals surface area contributed by atoms with E-state index in [9.17, 15) is 9.59 Å². The molecular weight excluding hydrogens is 380 g/mol. The van der Waals surface area contributed by atoms with Crippen LogP contribution in [-0.4, -0.2) is 40.0 Å². The van der Waals surface area contributed by atoms with Gasteiger partial charge in [0, 0.05) is 31.0 Å². The normalized spacial score (nSPS) is 16.7. The predicted octanol–water partition coefficient (Wildman–Crippen LogP) is 3.56. The van der Waals surface area contributed by atoms with Gasteiger partial charge in [0.05, 0.1) is 5.92 Å². The Labute approximate surface area is 167 Å². The van der Waals surface area contributed by atoms with Gasteiger partial charge < -0.3 is 10.2 Å². The number of unbranched alkanes of at least 4 members (excludes halogenated alkanes) is 1. The highest BCUT2D eigenvalue weighted by molar-refractivity contribution is 7.97. The number of hydrogen-bond acceptors (Lipinski definition) is 6. The molecule has 2 aromatic rings. The first-order chi connectivity index (χ1) is 13.2. The Morgan fingerprint density at radius 2 is 2.11 bits per heavy atom. The lowest BCUT2D eigenvalue weighted by molar-refractivity contribution is -0.128. The molecule has 6 nitrogen and oxygen atoms in total. The molecule has 0 bridgehead atoms. The third-order valence-corrected chi connectivity index (χ3v) is 6.44. The summed E-state index contributed by atoms with van der Waals surface area (Å²) in [6.45, 7) is 3.33. The third kappa shape index (κ3) is 5.77. The van der Waals surface area contributed by atoms with Gasteiger partial charge in [-0.05, 0) is 12.0 Å². The number of carbonyl (C=O) groups excluding carboxylic acids is 2. The van der Waals surface area contributed by atoms with Gasteiger partial charge >= 0.3 is 0 Å². The lowest BCUT2D eigenvalue weighted by Gasteiger charge is -2.15. The van der Waals surface area contributed by atoms with Crippen molar-refractivity contribution in [2.45, 2.75) is 37.7 Å². The van der Waals surface area contributed by atoms with Crippen LogP contribution in [0.25, 0.3) is 0 Å². The topological polar surface area (TPSA) is 75.2 Å². The molecule has 0 saturated carbocycles. The lowest BCUT2D eigenvalue weighted by atomic mass is 10.1. The number of benzene rings is 1.